The van der Waals surface area contributed by atoms with Crippen molar-refractivity contribution in [2.75, 3.05) is 24.5 Å². The van der Waals surface area contributed by atoms with Gasteiger partial charge in [0.2, 0.25) is 0 Å². The van der Waals surface area contributed by atoms with E-state index in [1.165, 1.54) is 0 Å². The number of hydrogen-bond acceptors (Lipinski definition) is 4. The maximum absolute atomic E-state index is 14.0. The molecule has 1 amide bonds. The summed E-state index contributed by atoms with van der Waals surface area (Å²) in [5.41, 5.74) is 5.49. The highest BCUT2D eigenvalue weighted by molar-refractivity contribution is 6.01. The van der Waals surface area contributed by atoms with Crippen LogP contribution < -0.4 is 4.90 Å². The number of piperidine rings is 1. The minimum absolute atomic E-state index is 0.0553. The predicted octanol–water partition coefficient (Wildman–Crippen LogP) is 5.61. The Morgan fingerprint density at radius 1 is 1.03 bits per heavy atom. The van der Waals surface area contributed by atoms with Crippen LogP contribution in [0.5, 0.6) is 0 Å². The van der Waals surface area contributed by atoms with Crippen molar-refractivity contribution in [1.82, 2.24) is 19.5 Å². The van der Waals surface area contributed by atoms with E-state index in [9.17, 15) is 4.79 Å². The number of fused-ring (bicyclic) bond motifs is 1. The number of benzene rings is 2. The van der Waals surface area contributed by atoms with Gasteiger partial charge in [0, 0.05) is 42.9 Å². The van der Waals surface area contributed by atoms with Gasteiger partial charge < -0.3 is 9.80 Å². The number of anilines is 1. The number of aromatic nitrogens is 3. The maximum atomic E-state index is 14.0. The molecule has 2 aromatic heterocycles. The van der Waals surface area contributed by atoms with Crippen molar-refractivity contribution in [3.63, 3.8) is 0 Å². The summed E-state index contributed by atoms with van der Waals surface area (Å²) in [4.78, 5) is 27.2. The molecule has 2 atom stereocenters. The van der Waals surface area contributed by atoms with Crippen molar-refractivity contribution in [1.29, 1.82) is 0 Å². The number of rotatable bonds is 4. The Morgan fingerprint density at radius 3 is 2.65 bits per heavy atom. The SMILES string of the molecule is C#[N+][C@H]1CCN(c2nc3cc([C@@H]4CCCCN4C(=O)c4ccccc4-c4ccccc4)nn3cc2C)C1. The molecule has 0 radical (unpaired) electrons. The lowest BCUT2D eigenvalue weighted by molar-refractivity contribution is 0.0606. The van der Waals surface area contributed by atoms with Gasteiger partial charge in [-0.1, -0.05) is 53.4 Å². The molecule has 2 saturated heterocycles. The fourth-order valence-electron chi connectivity index (χ4n) is 5.73. The fourth-order valence-corrected chi connectivity index (χ4v) is 5.73. The number of amides is 1. The molecule has 0 bridgehead atoms. The second-order valence-electron chi connectivity index (χ2n) is 10.1. The summed E-state index contributed by atoms with van der Waals surface area (Å²) in [7, 11) is 0. The van der Waals surface area contributed by atoms with Gasteiger partial charge in [-0.3, -0.25) is 4.79 Å². The van der Waals surface area contributed by atoms with Crippen molar-refractivity contribution in [2.24, 2.45) is 0 Å². The maximum Gasteiger partial charge on any atom is 0.290 e. The zero-order valence-corrected chi connectivity index (χ0v) is 21.1. The van der Waals surface area contributed by atoms with E-state index in [1.54, 1.807) is 0 Å². The second-order valence-corrected chi connectivity index (χ2v) is 10.1. The third kappa shape index (κ3) is 4.33. The van der Waals surface area contributed by atoms with E-state index in [2.05, 4.69) is 28.8 Å². The first kappa shape index (κ1) is 23.2. The van der Waals surface area contributed by atoms with Crippen LogP contribution >= 0.6 is 0 Å². The molecule has 4 aromatic rings. The Bertz CT molecular complexity index is 1490. The van der Waals surface area contributed by atoms with Gasteiger partial charge in [-0.05, 0) is 43.4 Å². The van der Waals surface area contributed by atoms with Crippen LogP contribution in [0, 0.1) is 13.5 Å². The molecular weight excluding hydrogens is 460 g/mol. The minimum Gasteiger partial charge on any atom is -0.348 e. The molecule has 6 rings (SSSR count). The van der Waals surface area contributed by atoms with Gasteiger partial charge in [-0.2, -0.15) is 5.10 Å². The molecule has 4 heterocycles. The van der Waals surface area contributed by atoms with Crippen molar-refractivity contribution in [3.8, 4) is 17.7 Å². The van der Waals surface area contributed by atoms with Gasteiger partial charge in [0.05, 0.1) is 18.3 Å². The Labute approximate surface area is 217 Å². The van der Waals surface area contributed by atoms with E-state index in [0.29, 0.717) is 0 Å². The third-order valence-electron chi connectivity index (χ3n) is 7.65. The molecule has 2 aromatic carbocycles. The molecule has 37 heavy (non-hydrogen) atoms. The van der Waals surface area contributed by atoms with E-state index in [4.69, 9.17) is 16.7 Å². The number of hydrogen-bond donors (Lipinski definition) is 0. The molecular formula is C30H31N6O+. The summed E-state index contributed by atoms with van der Waals surface area (Å²) >= 11 is 0. The lowest BCUT2D eigenvalue weighted by Gasteiger charge is -2.35. The summed E-state index contributed by atoms with van der Waals surface area (Å²) in [5, 5.41) is 4.91. The molecule has 0 N–H and O–H groups in total. The quantitative estimate of drug-likeness (QED) is 0.372. The van der Waals surface area contributed by atoms with Gasteiger partial charge in [0.15, 0.2) is 5.65 Å². The first-order chi connectivity index (χ1) is 18.1. The van der Waals surface area contributed by atoms with E-state index in [1.807, 2.05) is 64.1 Å². The van der Waals surface area contributed by atoms with Gasteiger partial charge in [0.25, 0.3) is 18.5 Å². The Hall–Kier alpha value is -4.18. The highest BCUT2D eigenvalue weighted by Gasteiger charge is 2.33. The molecule has 7 nitrogen and oxygen atoms in total. The number of aryl methyl sites for hydroxylation is 1. The average Bonchev–Trinajstić information content (AvgIpc) is 3.59. The first-order valence-corrected chi connectivity index (χ1v) is 13.1. The highest BCUT2D eigenvalue weighted by Crippen LogP contribution is 2.34. The van der Waals surface area contributed by atoms with E-state index in [-0.39, 0.29) is 18.0 Å². The monoisotopic (exact) mass is 491 g/mol. The van der Waals surface area contributed by atoms with E-state index < -0.39 is 0 Å². The molecule has 7 heteroatoms. The number of carbonyl (C=O) groups is 1. The molecule has 2 aliphatic heterocycles. The molecule has 0 spiro atoms. The van der Waals surface area contributed by atoms with Crippen LogP contribution in [0.2, 0.25) is 0 Å². The van der Waals surface area contributed by atoms with E-state index in [0.717, 1.165) is 84.7 Å². The molecule has 186 valence electrons. The zero-order chi connectivity index (χ0) is 25.4. The lowest BCUT2D eigenvalue weighted by atomic mass is 9.95. The third-order valence-corrected chi connectivity index (χ3v) is 7.65. The lowest BCUT2D eigenvalue weighted by Crippen LogP contribution is -2.39. The van der Waals surface area contributed by atoms with Gasteiger partial charge in [-0.25, -0.2) is 9.50 Å². The summed E-state index contributed by atoms with van der Waals surface area (Å²) in [6, 6.07) is 20.1. The second kappa shape index (κ2) is 9.70. The van der Waals surface area contributed by atoms with E-state index >= 15 is 0 Å². The van der Waals surface area contributed by atoms with Crippen molar-refractivity contribution in [2.45, 2.75) is 44.7 Å². The average molecular weight is 492 g/mol. The summed E-state index contributed by atoms with van der Waals surface area (Å²) in [5.74, 6) is 1.01. The van der Waals surface area contributed by atoms with Crippen LogP contribution in [0.25, 0.3) is 21.6 Å². The molecule has 2 fully saturated rings. The van der Waals surface area contributed by atoms with Crippen molar-refractivity contribution < 1.29 is 4.79 Å². The summed E-state index contributed by atoms with van der Waals surface area (Å²) in [6.07, 6.45) is 5.93. The predicted molar refractivity (Wildman–Crippen MR) is 146 cm³/mol. The van der Waals surface area contributed by atoms with Crippen LogP contribution in [0.1, 0.15) is 53.3 Å². The Kier molecular flexibility index (Phi) is 6.09. The van der Waals surface area contributed by atoms with Crippen molar-refractivity contribution >= 4 is 17.4 Å². The van der Waals surface area contributed by atoms with Crippen LogP contribution in [0.15, 0.2) is 66.9 Å². The number of nitrogens with zero attached hydrogens (tertiary/aromatic N) is 6. The molecule has 2 aliphatic rings. The highest BCUT2D eigenvalue weighted by atomic mass is 16.2. The Balaban J connectivity index is 1.33. The minimum atomic E-state index is -0.0808. The topological polar surface area (TPSA) is 58.1 Å². The summed E-state index contributed by atoms with van der Waals surface area (Å²) < 4.78 is 1.85. The Morgan fingerprint density at radius 2 is 1.84 bits per heavy atom. The molecule has 0 aliphatic carbocycles. The molecule has 0 saturated carbocycles. The summed E-state index contributed by atoms with van der Waals surface area (Å²) in [6.45, 7) is 10.00. The zero-order valence-electron chi connectivity index (χ0n) is 21.1. The van der Waals surface area contributed by atoms with Crippen LogP contribution in [-0.4, -0.2) is 51.1 Å². The van der Waals surface area contributed by atoms with Crippen LogP contribution in [0.3, 0.4) is 0 Å². The normalized spacial score (nSPS) is 19.8. The van der Waals surface area contributed by atoms with Gasteiger partial charge in [-0.15, -0.1) is 0 Å². The smallest absolute Gasteiger partial charge is 0.290 e. The van der Waals surface area contributed by atoms with Crippen LogP contribution in [-0.2, 0) is 0 Å². The first-order valence-electron chi connectivity index (χ1n) is 13.1. The standard InChI is InChI=1S/C30H31N6O/c1-21-19-36-28(32-29(21)34-17-15-23(20-34)31-2)18-26(33-36)27-14-8-9-16-35(27)30(37)25-13-7-6-12-24(25)22-10-4-3-5-11-22/h2-7,10-13,18-19,23,27H,8-9,14-17,20H2,1H3/q+1/t23-,27-/m0/s1. The number of likely N-dealkylation sites (tertiary alicyclic amines) is 1. The van der Waals surface area contributed by atoms with Gasteiger partial charge >= 0.3 is 0 Å². The van der Waals surface area contributed by atoms with Crippen LogP contribution in [0.4, 0.5) is 5.82 Å². The molecule has 0 unspecified atom stereocenters. The van der Waals surface area contributed by atoms with Gasteiger partial charge in [0.1, 0.15) is 5.82 Å². The fraction of sp³-hybridized carbons (Fsp3) is 0.333. The van der Waals surface area contributed by atoms with Crippen molar-refractivity contribution in [3.05, 3.63) is 88.5 Å². The number of carbonyl (C=O) groups excluding carboxylic acids is 1. The largest absolute Gasteiger partial charge is 0.348 e.